The highest BCUT2D eigenvalue weighted by Gasteiger charge is 2.38. The van der Waals surface area contributed by atoms with Crippen molar-refractivity contribution in [3.63, 3.8) is 0 Å². The average Bonchev–Trinajstić information content (AvgIpc) is 2.81. The Balaban J connectivity index is 1.79. The van der Waals surface area contributed by atoms with Crippen LogP contribution in [0.4, 0.5) is 13.2 Å². The van der Waals surface area contributed by atoms with E-state index in [0.29, 0.717) is 18.5 Å². The summed E-state index contributed by atoms with van der Waals surface area (Å²) in [6, 6.07) is 14.0. The number of esters is 1. The number of hydrogen-bond acceptors (Lipinski definition) is 4. The van der Waals surface area contributed by atoms with Gasteiger partial charge in [-0.3, -0.25) is 9.59 Å². The number of rotatable bonds is 8. The van der Waals surface area contributed by atoms with E-state index in [1.54, 1.807) is 6.92 Å². The molecule has 1 heterocycles. The van der Waals surface area contributed by atoms with Crippen molar-refractivity contribution in [2.45, 2.75) is 38.8 Å². The second-order valence-electron chi connectivity index (χ2n) is 8.16. The Labute approximate surface area is 201 Å². The first-order chi connectivity index (χ1) is 16.6. The number of benzene rings is 2. The molecule has 1 aliphatic rings. The van der Waals surface area contributed by atoms with E-state index in [4.69, 9.17) is 4.74 Å². The minimum atomic E-state index is -4.50. The lowest BCUT2D eigenvalue weighted by Crippen LogP contribution is -2.44. The van der Waals surface area contributed by atoms with Crippen molar-refractivity contribution < 1.29 is 32.3 Å². The summed E-state index contributed by atoms with van der Waals surface area (Å²) < 4.78 is 44.1. The van der Waals surface area contributed by atoms with Crippen LogP contribution in [-0.2, 0) is 31.7 Å². The van der Waals surface area contributed by atoms with Gasteiger partial charge < -0.3 is 15.0 Å². The second kappa shape index (κ2) is 11.2. The predicted molar refractivity (Wildman–Crippen MR) is 123 cm³/mol. The van der Waals surface area contributed by atoms with Gasteiger partial charge in [-0.05, 0) is 43.5 Å². The highest BCUT2D eigenvalue weighted by atomic mass is 19.4. The quantitative estimate of drug-likeness (QED) is 0.565. The normalized spacial score (nSPS) is 16.3. The van der Waals surface area contributed by atoms with Crippen LogP contribution in [0.25, 0.3) is 0 Å². The summed E-state index contributed by atoms with van der Waals surface area (Å²) in [4.78, 5) is 39.5. The van der Waals surface area contributed by atoms with Crippen LogP contribution < -0.4 is 5.32 Å². The molecule has 0 saturated carbocycles. The molecule has 35 heavy (non-hydrogen) atoms. The van der Waals surface area contributed by atoms with Gasteiger partial charge in [-0.15, -0.1) is 0 Å². The minimum Gasteiger partial charge on any atom is -0.463 e. The lowest BCUT2D eigenvalue weighted by molar-refractivity contribution is -0.141. The monoisotopic (exact) mass is 488 g/mol. The molecule has 0 aliphatic carbocycles. The summed E-state index contributed by atoms with van der Waals surface area (Å²) in [6.45, 7) is 3.36. The van der Waals surface area contributed by atoms with E-state index in [1.165, 1.54) is 24.0 Å². The smallest absolute Gasteiger partial charge is 0.416 e. The molecule has 1 unspecified atom stereocenters. The Hall–Kier alpha value is -3.62. The summed E-state index contributed by atoms with van der Waals surface area (Å²) in [5.41, 5.74) is 1.03. The molecule has 0 bridgehead atoms. The number of carbonyl (C=O) groups is 3. The van der Waals surface area contributed by atoms with Crippen LogP contribution >= 0.6 is 0 Å². The van der Waals surface area contributed by atoms with Crippen molar-refractivity contribution in [2.24, 2.45) is 0 Å². The number of alkyl halides is 3. The molecule has 2 aromatic rings. The molecule has 2 amide bonds. The molecule has 0 fully saturated rings. The van der Waals surface area contributed by atoms with Crippen LogP contribution in [0.1, 0.15) is 42.9 Å². The summed E-state index contributed by atoms with van der Waals surface area (Å²) in [5, 5.41) is 2.77. The summed E-state index contributed by atoms with van der Waals surface area (Å²) >= 11 is 0. The first kappa shape index (κ1) is 26.0. The van der Waals surface area contributed by atoms with E-state index in [-0.39, 0.29) is 36.7 Å². The second-order valence-corrected chi connectivity index (χ2v) is 8.16. The lowest BCUT2D eigenvalue weighted by Gasteiger charge is -2.34. The molecule has 2 aromatic carbocycles. The maximum Gasteiger partial charge on any atom is 0.416 e. The van der Waals surface area contributed by atoms with E-state index in [9.17, 15) is 27.6 Å². The largest absolute Gasteiger partial charge is 0.463 e. The number of nitrogens with one attached hydrogen (secondary N) is 1. The Morgan fingerprint density at radius 3 is 2.34 bits per heavy atom. The number of allylic oxidation sites excluding steroid dienone is 1. The Bertz CT molecular complexity index is 1100. The molecule has 186 valence electrons. The molecular formula is C26H27F3N2O4. The molecule has 1 atom stereocenters. The van der Waals surface area contributed by atoms with Gasteiger partial charge in [0, 0.05) is 24.6 Å². The van der Waals surface area contributed by atoms with Gasteiger partial charge in [-0.2, -0.15) is 13.2 Å². The molecular weight excluding hydrogens is 461 g/mol. The Kier molecular flexibility index (Phi) is 8.32. The highest BCUT2D eigenvalue weighted by Crippen LogP contribution is 2.38. The van der Waals surface area contributed by atoms with Crippen molar-refractivity contribution in [1.82, 2.24) is 10.2 Å². The zero-order valence-corrected chi connectivity index (χ0v) is 19.5. The minimum absolute atomic E-state index is 0.0866. The zero-order valence-electron chi connectivity index (χ0n) is 19.5. The molecule has 9 heteroatoms. The SMILES string of the molecule is CCOC(=O)C1=C(C)N(CC(=O)NCCc2ccccc2)C(=O)CC1c1ccc(C(F)(F)F)cc1. The molecule has 1 aliphatic heterocycles. The van der Waals surface area contributed by atoms with E-state index < -0.39 is 29.5 Å². The van der Waals surface area contributed by atoms with Crippen molar-refractivity contribution >= 4 is 17.8 Å². The fourth-order valence-corrected chi connectivity index (χ4v) is 4.06. The number of amides is 2. The third kappa shape index (κ3) is 6.49. The summed E-state index contributed by atoms with van der Waals surface area (Å²) in [7, 11) is 0. The average molecular weight is 489 g/mol. The van der Waals surface area contributed by atoms with Gasteiger partial charge in [0.25, 0.3) is 0 Å². The number of nitrogens with zero attached hydrogens (tertiary/aromatic N) is 1. The third-order valence-electron chi connectivity index (χ3n) is 5.84. The molecule has 0 spiro atoms. The van der Waals surface area contributed by atoms with E-state index >= 15 is 0 Å². The topological polar surface area (TPSA) is 75.7 Å². The molecule has 1 N–H and O–H groups in total. The fourth-order valence-electron chi connectivity index (χ4n) is 4.06. The van der Waals surface area contributed by atoms with Gasteiger partial charge in [0.1, 0.15) is 6.54 Å². The third-order valence-corrected chi connectivity index (χ3v) is 5.84. The van der Waals surface area contributed by atoms with Crippen LogP contribution in [-0.4, -0.2) is 42.4 Å². The van der Waals surface area contributed by atoms with Crippen LogP contribution in [0.15, 0.2) is 65.9 Å². The Morgan fingerprint density at radius 1 is 1.09 bits per heavy atom. The van der Waals surface area contributed by atoms with Crippen LogP contribution in [0.5, 0.6) is 0 Å². The van der Waals surface area contributed by atoms with Gasteiger partial charge >= 0.3 is 12.1 Å². The molecule has 3 rings (SSSR count). The van der Waals surface area contributed by atoms with Gasteiger partial charge in [0.2, 0.25) is 11.8 Å². The number of halogens is 3. The van der Waals surface area contributed by atoms with Crippen LogP contribution in [0.3, 0.4) is 0 Å². The Morgan fingerprint density at radius 2 is 1.74 bits per heavy atom. The predicted octanol–water partition coefficient (Wildman–Crippen LogP) is 4.22. The van der Waals surface area contributed by atoms with Crippen molar-refractivity contribution in [1.29, 1.82) is 0 Å². The maximum absolute atomic E-state index is 13.0. The maximum atomic E-state index is 13.0. The van der Waals surface area contributed by atoms with Gasteiger partial charge in [0.05, 0.1) is 17.7 Å². The van der Waals surface area contributed by atoms with Crippen molar-refractivity contribution in [3.8, 4) is 0 Å². The lowest BCUT2D eigenvalue weighted by atomic mass is 9.83. The molecule has 0 saturated heterocycles. The molecule has 0 aromatic heterocycles. The van der Waals surface area contributed by atoms with Gasteiger partial charge in [-0.25, -0.2) is 4.79 Å². The first-order valence-corrected chi connectivity index (χ1v) is 11.3. The number of carbonyl (C=O) groups excluding carboxylic acids is 3. The summed E-state index contributed by atoms with van der Waals surface area (Å²) in [6.07, 6.45) is -4.05. The van der Waals surface area contributed by atoms with Crippen molar-refractivity contribution in [3.05, 3.63) is 82.6 Å². The van der Waals surface area contributed by atoms with Gasteiger partial charge in [0.15, 0.2) is 0 Å². The molecule has 6 nitrogen and oxygen atoms in total. The number of hydrogen-bond donors (Lipinski definition) is 1. The highest BCUT2D eigenvalue weighted by molar-refractivity contribution is 5.97. The number of ether oxygens (including phenoxy) is 1. The first-order valence-electron chi connectivity index (χ1n) is 11.3. The van der Waals surface area contributed by atoms with Crippen LogP contribution in [0.2, 0.25) is 0 Å². The van der Waals surface area contributed by atoms with E-state index in [1.807, 2.05) is 30.3 Å². The zero-order chi connectivity index (χ0) is 25.6. The van der Waals surface area contributed by atoms with Crippen LogP contribution in [0, 0.1) is 0 Å². The van der Waals surface area contributed by atoms with E-state index in [0.717, 1.165) is 17.7 Å². The summed E-state index contributed by atoms with van der Waals surface area (Å²) in [5.74, 6) is -2.23. The van der Waals surface area contributed by atoms with Crippen molar-refractivity contribution in [2.75, 3.05) is 19.7 Å². The van der Waals surface area contributed by atoms with E-state index in [2.05, 4.69) is 5.32 Å². The fraction of sp³-hybridized carbons (Fsp3) is 0.346. The molecule has 0 radical (unpaired) electrons. The standard InChI is InChI=1S/C26H27F3N2O4/c1-3-35-25(34)24-17(2)31(16-22(32)30-14-13-18-7-5-4-6-8-18)23(33)15-21(24)19-9-11-20(12-10-19)26(27,28)29/h4-12,21H,3,13-16H2,1-2H3,(H,30,32). The van der Waals surface area contributed by atoms with Gasteiger partial charge in [-0.1, -0.05) is 42.5 Å².